The number of hydrogen-bond donors (Lipinski definition) is 1. The first-order valence-electron chi connectivity index (χ1n) is 10.5. The highest BCUT2D eigenvalue weighted by atomic mass is 32.2. The molecule has 6 heteroatoms. The maximum atomic E-state index is 11.7. The summed E-state index contributed by atoms with van der Waals surface area (Å²) in [5.74, 6) is 0.167. The van der Waals surface area contributed by atoms with Gasteiger partial charge in [-0.1, -0.05) is 54.6 Å². The first kappa shape index (κ1) is 23.7. The number of anilines is 1. The number of nitrogens with zero attached hydrogens (tertiary/aromatic N) is 1. The van der Waals surface area contributed by atoms with Crippen molar-refractivity contribution in [3.8, 4) is 0 Å². The Bertz CT molecular complexity index is 1280. The molecular formula is C26H30N2O3S. The van der Waals surface area contributed by atoms with Gasteiger partial charge < -0.3 is 10.2 Å². The summed E-state index contributed by atoms with van der Waals surface area (Å²) in [4.78, 5) is 13.8. The molecule has 0 saturated carbocycles. The van der Waals surface area contributed by atoms with Crippen molar-refractivity contribution >= 4 is 37.7 Å². The van der Waals surface area contributed by atoms with E-state index in [4.69, 9.17) is 0 Å². The first-order chi connectivity index (χ1) is 15.1. The second kappa shape index (κ2) is 9.67. The van der Waals surface area contributed by atoms with Gasteiger partial charge in [-0.3, -0.25) is 4.79 Å². The maximum absolute atomic E-state index is 11.7. The number of carbonyl (C=O) groups excluding carboxylic acids is 1. The van der Waals surface area contributed by atoms with Crippen molar-refractivity contribution in [2.75, 3.05) is 32.3 Å². The summed E-state index contributed by atoms with van der Waals surface area (Å²) in [6.07, 6.45) is 4.33. The largest absolute Gasteiger partial charge is 0.377 e. The molecule has 4 rings (SSSR count). The van der Waals surface area contributed by atoms with Gasteiger partial charge in [0.05, 0.1) is 10.9 Å². The zero-order chi connectivity index (χ0) is 23.5. The zero-order valence-corrected chi connectivity index (χ0v) is 20.0. The fraction of sp³-hybridized carbons (Fsp3) is 0.269. The molecule has 1 atom stereocenters. The van der Waals surface area contributed by atoms with E-state index >= 15 is 0 Å². The summed E-state index contributed by atoms with van der Waals surface area (Å²) < 4.78 is 23.4. The molecule has 0 aliphatic heterocycles. The molecule has 1 unspecified atom stereocenters. The number of rotatable bonds is 5. The van der Waals surface area contributed by atoms with Gasteiger partial charge in [0.15, 0.2) is 15.6 Å². The third-order valence-electron chi connectivity index (χ3n) is 5.62. The van der Waals surface area contributed by atoms with E-state index in [0.717, 1.165) is 28.5 Å². The van der Waals surface area contributed by atoms with E-state index in [1.807, 2.05) is 62.4 Å². The van der Waals surface area contributed by atoms with Gasteiger partial charge in [-0.15, -0.1) is 0 Å². The lowest BCUT2D eigenvalue weighted by Crippen LogP contribution is -2.33. The van der Waals surface area contributed by atoms with E-state index in [9.17, 15) is 13.2 Å². The predicted molar refractivity (Wildman–Crippen MR) is 133 cm³/mol. The minimum absolute atomic E-state index is 0.159. The summed E-state index contributed by atoms with van der Waals surface area (Å²) in [7, 11) is 2.53. The summed E-state index contributed by atoms with van der Waals surface area (Å²) in [6.45, 7) is 1.63. The molecule has 3 aromatic rings. The van der Waals surface area contributed by atoms with Crippen LogP contribution in [0.15, 0.2) is 71.6 Å². The second-order valence-electron chi connectivity index (χ2n) is 8.15. The second-order valence-corrected chi connectivity index (χ2v) is 10.1. The molecule has 0 bridgehead atoms. The lowest BCUT2D eigenvalue weighted by Gasteiger charge is -2.16. The molecule has 5 nitrogen and oxygen atoms in total. The number of Topliss-reactive ketones (excluding diaryl/α,β-unsaturated/α-hetero) is 1. The van der Waals surface area contributed by atoms with Crippen molar-refractivity contribution in [2.45, 2.75) is 24.3 Å². The van der Waals surface area contributed by atoms with Crippen LogP contribution in [-0.2, 0) is 21.1 Å². The summed E-state index contributed by atoms with van der Waals surface area (Å²) in [5, 5.41) is 4.80. The fourth-order valence-electron chi connectivity index (χ4n) is 4.14. The number of ketones is 1. The van der Waals surface area contributed by atoms with Crippen LogP contribution < -0.4 is 10.2 Å². The van der Waals surface area contributed by atoms with Gasteiger partial charge in [0.25, 0.3) is 0 Å². The molecule has 0 heterocycles. The summed E-state index contributed by atoms with van der Waals surface area (Å²) in [6, 6.07) is 19.2. The van der Waals surface area contributed by atoms with Crippen LogP contribution in [-0.4, -0.2) is 47.6 Å². The minimum atomic E-state index is -3.19. The monoisotopic (exact) mass is 450 g/mol. The van der Waals surface area contributed by atoms with Crippen LogP contribution in [0.4, 0.5) is 5.69 Å². The van der Waals surface area contributed by atoms with E-state index in [-0.39, 0.29) is 11.8 Å². The molecular weight excluding hydrogens is 420 g/mol. The normalized spacial score (nSPS) is 13.6. The number of allylic oxidation sites excluding steroid dienone is 1. The van der Waals surface area contributed by atoms with Gasteiger partial charge in [-0.25, -0.2) is 8.42 Å². The highest BCUT2D eigenvalue weighted by Crippen LogP contribution is 2.30. The molecule has 0 saturated heterocycles. The zero-order valence-electron chi connectivity index (χ0n) is 19.2. The molecule has 1 aliphatic carbocycles. The summed E-state index contributed by atoms with van der Waals surface area (Å²) in [5.41, 5.74) is 4.68. The van der Waals surface area contributed by atoms with Crippen molar-refractivity contribution in [3.63, 3.8) is 0 Å². The topological polar surface area (TPSA) is 66.5 Å². The Labute approximate surface area is 190 Å². The van der Waals surface area contributed by atoms with E-state index in [1.165, 1.54) is 17.4 Å². The van der Waals surface area contributed by atoms with Crippen LogP contribution in [0.1, 0.15) is 18.1 Å². The molecule has 32 heavy (non-hydrogen) atoms. The molecule has 0 radical (unpaired) electrons. The van der Waals surface area contributed by atoms with E-state index in [1.54, 1.807) is 19.1 Å². The fourth-order valence-corrected chi connectivity index (χ4v) is 5.04. The Balaban J connectivity index is 0.000000182. The Morgan fingerprint density at radius 3 is 2.25 bits per heavy atom. The first-order valence-corrected chi connectivity index (χ1v) is 12.4. The van der Waals surface area contributed by atoms with Gasteiger partial charge in [0.1, 0.15) is 0 Å². The number of likely N-dealkylation sites (N-methyl/N-ethyl adjacent to an activating group) is 1. The molecule has 0 aromatic heterocycles. The molecule has 3 aromatic carbocycles. The van der Waals surface area contributed by atoms with E-state index in [2.05, 4.69) is 23.5 Å². The Morgan fingerprint density at radius 1 is 0.969 bits per heavy atom. The molecule has 0 fully saturated rings. The Hall–Kier alpha value is -2.96. The lowest BCUT2D eigenvalue weighted by atomic mass is 9.97. The van der Waals surface area contributed by atoms with Crippen LogP contribution in [0.2, 0.25) is 0 Å². The number of fused-ring (bicyclic) bond motifs is 2. The van der Waals surface area contributed by atoms with Crippen LogP contribution in [0.25, 0.3) is 16.3 Å². The lowest BCUT2D eigenvalue weighted by molar-refractivity contribution is -0.117. The number of sulfone groups is 1. The van der Waals surface area contributed by atoms with Crippen molar-refractivity contribution in [1.82, 2.24) is 5.32 Å². The SMILES string of the molecule is CN(C)c1cccc2c(S(C)(=O)=O)cccc12.CNC(C(C)=O)C1=CCc2ccccc21. The third-order valence-corrected chi connectivity index (χ3v) is 6.77. The van der Waals surface area contributed by atoms with Gasteiger partial charge in [-0.05, 0) is 49.2 Å². The standard InChI is InChI=1S/C13H15NO2S.C13H15NO/c1-14(2)12-8-4-7-11-10(12)6-5-9-13(11)17(3,15)16;1-9(15)13(14-2)12-8-7-10-5-3-4-6-11(10)12/h4-9H,1-3H3;3-6,8,13-14H,7H2,1-2H3. The highest BCUT2D eigenvalue weighted by Gasteiger charge is 2.23. The van der Waals surface area contributed by atoms with Crippen LogP contribution >= 0.6 is 0 Å². The van der Waals surface area contributed by atoms with Gasteiger partial charge in [0, 0.05) is 36.8 Å². The molecule has 1 aliphatic rings. The number of nitrogens with one attached hydrogen (secondary N) is 1. The third kappa shape index (κ3) is 4.92. The molecule has 0 amide bonds. The Kier molecular flexibility index (Phi) is 7.16. The van der Waals surface area contributed by atoms with Crippen molar-refractivity contribution in [2.24, 2.45) is 0 Å². The average Bonchev–Trinajstić information content (AvgIpc) is 3.17. The number of benzene rings is 3. The maximum Gasteiger partial charge on any atom is 0.176 e. The minimum Gasteiger partial charge on any atom is -0.377 e. The van der Waals surface area contributed by atoms with Crippen molar-refractivity contribution < 1.29 is 13.2 Å². The highest BCUT2D eigenvalue weighted by molar-refractivity contribution is 7.91. The molecule has 1 N–H and O–H groups in total. The van der Waals surface area contributed by atoms with Crippen LogP contribution in [0, 0.1) is 0 Å². The van der Waals surface area contributed by atoms with E-state index < -0.39 is 9.84 Å². The Morgan fingerprint density at radius 2 is 1.62 bits per heavy atom. The predicted octanol–water partition coefficient (Wildman–Crippen LogP) is 4.11. The van der Waals surface area contributed by atoms with Gasteiger partial charge in [-0.2, -0.15) is 0 Å². The van der Waals surface area contributed by atoms with Crippen LogP contribution in [0.5, 0.6) is 0 Å². The number of hydrogen-bond acceptors (Lipinski definition) is 5. The van der Waals surface area contributed by atoms with Gasteiger partial charge >= 0.3 is 0 Å². The van der Waals surface area contributed by atoms with Crippen molar-refractivity contribution in [3.05, 3.63) is 77.9 Å². The molecule has 168 valence electrons. The quantitative estimate of drug-likeness (QED) is 0.634. The summed E-state index contributed by atoms with van der Waals surface area (Å²) >= 11 is 0. The smallest absolute Gasteiger partial charge is 0.176 e. The van der Waals surface area contributed by atoms with E-state index in [0.29, 0.717) is 4.90 Å². The number of carbonyl (C=O) groups is 1. The van der Waals surface area contributed by atoms with Crippen LogP contribution in [0.3, 0.4) is 0 Å². The average molecular weight is 451 g/mol. The molecule has 0 spiro atoms. The van der Waals surface area contributed by atoms with Crippen molar-refractivity contribution in [1.29, 1.82) is 0 Å². The van der Waals surface area contributed by atoms with Gasteiger partial charge in [0.2, 0.25) is 0 Å².